The van der Waals surface area contributed by atoms with Crippen molar-refractivity contribution in [2.24, 2.45) is 0 Å². The van der Waals surface area contributed by atoms with Gasteiger partial charge in [-0.2, -0.15) is 0 Å². The van der Waals surface area contributed by atoms with Gasteiger partial charge in [-0.15, -0.1) is 13.2 Å². The fourth-order valence-electron chi connectivity index (χ4n) is 1.04. The SMILES string of the molecule is O=C(O)NCc1ccc(F)c(OC(F)(F)F)c1. The van der Waals surface area contributed by atoms with Crippen LogP contribution in [0.1, 0.15) is 5.56 Å². The lowest BCUT2D eigenvalue weighted by molar-refractivity contribution is -0.275. The van der Waals surface area contributed by atoms with E-state index in [1.807, 2.05) is 5.32 Å². The van der Waals surface area contributed by atoms with Crippen molar-refractivity contribution in [1.29, 1.82) is 0 Å². The summed E-state index contributed by atoms with van der Waals surface area (Å²) in [5, 5.41) is 10.2. The molecule has 0 saturated heterocycles. The number of halogens is 4. The van der Waals surface area contributed by atoms with Crippen molar-refractivity contribution in [1.82, 2.24) is 5.32 Å². The minimum atomic E-state index is -5.00. The zero-order chi connectivity index (χ0) is 13.1. The normalized spacial score (nSPS) is 11.1. The number of benzene rings is 1. The van der Waals surface area contributed by atoms with Gasteiger partial charge in [0.05, 0.1) is 0 Å². The molecule has 0 radical (unpaired) electrons. The summed E-state index contributed by atoms with van der Waals surface area (Å²) in [4.78, 5) is 10.2. The molecule has 0 atom stereocenters. The Morgan fingerprint density at radius 3 is 2.59 bits per heavy atom. The van der Waals surface area contributed by atoms with E-state index >= 15 is 0 Å². The standard InChI is InChI=1S/C9H7F4NO3/c10-6-2-1-5(4-14-8(15)16)3-7(6)17-9(11,12)13/h1-3,14H,4H2,(H,15,16). The molecule has 0 aliphatic rings. The Morgan fingerprint density at radius 1 is 1.41 bits per heavy atom. The molecule has 0 heterocycles. The molecule has 94 valence electrons. The molecule has 17 heavy (non-hydrogen) atoms. The van der Waals surface area contributed by atoms with Gasteiger partial charge in [0, 0.05) is 6.54 Å². The van der Waals surface area contributed by atoms with Crippen LogP contribution in [0.2, 0.25) is 0 Å². The summed E-state index contributed by atoms with van der Waals surface area (Å²) in [5.41, 5.74) is 0.146. The first kappa shape index (κ1) is 13.1. The largest absolute Gasteiger partial charge is 0.573 e. The van der Waals surface area contributed by atoms with Gasteiger partial charge >= 0.3 is 12.5 Å². The molecule has 4 nitrogen and oxygen atoms in total. The molecule has 0 bridgehead atoms. The smallest absolute Gasteiger partial charge is 0.465 e. The monoisotopic (exact) mass is 253 g/mol. The predicted molar refractivity (Wildman–Crippen MR) is 47.9 cm³/mol. The quantitative estimate of drug-likeness (QED) is 0.813. The number of nitrogens with one attached hydrogen (secondary N) is 1. The van der Waals surface area contributed by atoms with Crippen molar-refractivity contribution >= 4 is 6.09 Å². The van der Waals surface area contributed by atoms with Crippen molar-refractivity contribution in [3.8, 4) is 5.75 Å². The molecule has 2 N–H and O–H groups in total. The van der Waals surface area contributed by atoms with Gasteiger partial charge in [-0.3, -0.25) is 0 Å². The average Bonchev–Trinajstić information content (AvgIpc) is 2.17. The Balaban J connectivity index is 2.83. The first-order valence-corrected chi connectivity index (χ1v) is 4.29. The minimum Gasteiger partial charge on any atom is -0.465 e. The minimum absolute atomic E-state index is 0.146. The van der Waals surface area contributed by atoms with E-state index in [4.69, 9.17) is 5.11 Å². The molecular formula is C9H7F4NO3. The van der Waals surface area contributed by atoms with E-state index in [9.17, 15) is 22.4 Å². The van der Waals surface area contributed by atoms with E-state index in [0.29, 0.717) is 0 Å². The fraction of sp³-hybridized carbons (Fsp3) is 0.222. The van der Waals surface area contributed by atoms with Crippen LogP contribution in [0.15, 0.2) is 18.2 Å². The molecule has 1 rings (SSSR count). The van der Waals surface area contributed by atoms with Gasteiger partial charge in [-0.25, -0.2) is 9.18 Å². The molecule has 0 aliphatic heterocycles. The van der Waals surface area contributed by atoms with Crippen LogP contribution in [0.4, 0.5) is 22.4 Å². The predicted octanol–water partition coefficient (Wildman–Crippen LogP) is 2.49. The molecule has 0 aliphatic carbocycles. The molecule has 8 heteroatoms. The number of amides is 1. The number of rotatable bonds is 3. The lowest BCUT2D eigenvalue weighted by atomic mass is 10.2. The van der Waals surface area contributed by atoms with Gasteiger partial charge in [0.25, 0.3) is 0 Å². The Hall–Kier alpha value is -1.99. The third kappa shape index (κ3) is 4.58. The van der Waals surface area contributed by atoms with Gasteiger partial charge in [-0.05, 0) is 17.7 Å². The Labute approximate surface area is 92.8 Å². The highest BCUT2D eigenvalue weighted by molar-refractivity contribution is 5.64. The number of alkyl halides is 3. The first-order chi connectivity index (χ1) is 7.78. The summed E-state index contributed by atoms with van der Waals surface area (Å²) in [5.74, 6) is -2.18. The summed E-state index contributed by atoms with van der Waals surface area (Å²) in [6, 6.07) is 2.69. The molecule has 0 spiro atoms. The third-order valence-electron chi connectivity index (χ3n) is 1.67. The number of carboxylic acid groups (broad SMARTS) is 1. The van der Waals surface area contributed by atoms with Crippen LogP contribution in [0.5, 0.6) is 5.75 Å². The van der Waals surface area contributed by atoms with E-state index in [1.165, 1.54) is 0 Å². The zero-order valence-corrected chi connectivity index (χ0v) is 8.21. The first-order valence-electron chi connectivity index (χ1n) is 4.29. The summed E-state index contributed by atoms with van der Waals surface area (Å²) in [6.45, 7) is -0.246. The third-order valence-corrected chi connectivity index (χ3v) is 1.67. The van der Waals surface area contributed by atoms with E-state index in [-0.39, 0.29) is 12.1 Å². The van der Waals surface area contributed by atoms with Crippen molar-refractivity contribution < 1.29 is 32.2 Å². The summed E-state index contributed by atoms with van der Waals surface area (Å²) >= 11 is 0. The van der Waals surface area contributed by atoms with Crippen molar-refractivity contribution in [2.45, 2.75) is 12.9 Å². The van der Waals surface area contributed by atoms with Gasteiger partial charge in [0.15, 0.2) is 11.6 Å². The molecule has 1 aromatic carbocycles. The second-order valence-electron chi connectivity index (χ2n) is 2.97. The molecule has 0 saturated carbocycles. The lowest BCUT2D eigenvalue weighted by Gasteiger charge is -2.11. The Kier molecular flexibility index (Phi) is 3.77. The number of ether oxygens (including phenoxy) is 1. The average molecular weight is 253 g/mol. The highest BCUT2D eigenvalue weighted by atomic mass is 19.4. The van der Waals surface area contributed by atoms with Gasteiger partial charge in [0.2, 0.25) is 0 Å². The van der Waals surface area contributed by atoms with Crippen LogP contribution in [-0.2, 0) is 6.54 Å². The van der Waals surface area contributed by atoms with Gasteiger partial charge in [-0.1, -0.05) is 6.07 Å². The second kappa shape index (κ2) is 4.89. The van der Waals surface area contributed by atoms with E-state index in [0.717, 1.165) is 18.2 Å². The Bertz CT molecular complexity index is 419. The maximum atomic E-state index is 12.9. The maximum absolute atomic E-state index is 12.9. The highest BCUT2D eigenvalue weighted by Crippen LogP contribution is 2.26. The molecule has 0 aromatic heterocycles. The number of hydrogen-bond donors (Lipinski definition) is 2. The molecule has 1 amide bonds. The van der Waals surface area contributed by atoms with Crippen molar-refractivity contribution in [2.75, 3.05) is 0 Å². The molecular weight excluding hydrogens is 246 g/mol. The summed E-state index contributed by atoms with van der Waals surface area (Å²) in [7, 11) is 0. The van der Waals surface area contributed by atoms with Crippen LogP contribution < -0.4 is 10.1 Å². The van der Waals surface area contributed by atoms with Gasteiger partial charge in [0.1, 0.15) is 0 Å². The Morgan fingerprint density at radius 2 is 2.06 bits per heavy atom. The maximum Gasteiger partial charge on any atom is 0.573 e. The van der Waals surface area contributed by atoms with E-state index in [2.05, 4.69) is 4.74 Å². The van der Waals surface area contributed by atoms with Crippen LogP contribution in [-0.4, -0.2) is 17.6 Å². The van der Waals surface area contributed by atoms with Crippen molar-refractivity contribution in [3.63, 3.8) is 0 Å². The van der Waals surface area contributed by atoms with Crippen LogP contribution >= 0.6 is 0 Å². The van der Waals surface area contributed by atoms with Crippen LogP contribution in [0.25, 0.3) is 0 Å². The zero-order valence-electron chi connectivity index (χ0n) is 8.21. The molecule has 1 aromatic rings. The fourth-order valence-corrected chi connectivity index (χ4v) is 1.04. The molecule has 0 unspecified atom stereocenters. The van der Waals surface area contributed by atoms with E-state index < -0.39 is 24.0 Å². The second-order valence-corrected chi connectivity index (χ2v) is 2.97. The van der Waals surface area contributed by atoms with Gasteiger partial charge < -0.3 is 15.2 Å². The summed E-state index contributed by atoms with van der Waals surface area (Å²) < 4.78 is 52.0. The number of carbonyl (C=O) groups is 1. The van der Waals surface area contributed by atoms with Crippen molar-refractivity contribution in [3.05, 3.63) is 29.6 Å². The molecule has 0 fully saturated rings. The van der Waals surface area contributed by atoms with E-state index in [1.54, 1.807) is 0 Å². The highest BCUT2D eigenvalue weighted by Gasteiger charge is 2.32. The van der Waals surface area contributed by atoms with Crippen LogP contribution in [0.3, 0.4) is 0 Å². The van der Waals surface area contributed by atoms with Crippen LogP contribution in [0, 0.1) is 5.82 Å². The lowest BCUT2D eigenvalue weighted by Crippen LogP contribution is -2.21. The summed E-state index contributed by atoms with van der Waals surface area (Å²) in [6.07, 6.45) is -6.34. The topological polar surface area (TPSA) is 58.6 Å². The number of hydrogen-bond acceptors (Lipinski definition) is 2.